The number of carbonyl (C=O) groups is 3. The number of carbonyl (C=O) groups excluding carboxylic acids is 3. The van der Waals surface area contributed by atoms with Crippen molar-refractivity contribution in [1.29, 1.82) is 0 Å². The van der Waals surface area contributed by atoms with E-state index in [1.807, 2.05) is 25.1 Å². The fraction of sp³-hybridized carbons (Fsp3) is 0.238. The van der Waals surface area contributed by atoms with Gasteiger partial charge in [-0.05, 0) is 42.3 Å². The maximum absolute atomic E-state index is 11.9. The Morgan fingerprint density at radius 1 is 1.10 bits per heavy atom. The first-order valence-corrected chi connectivity index (χ1v) is 9.76. The number of benzene rings is 2. The third kappa shape index (κ3) is 7.92. The molecule has 0 aliphatic heterocycles. The fourth-order valence-corrected chi connectivity index (χ4v) is 2.50. The number of hydrogen-bond acceptors (Lipinski definition) is 5. The highest BCUT2D eigenvalue weighted by Gasteiger charge is 2.11. The van der Waals surface area contributed by atoms with Crippen molar-refractivity contribution in [2.75, 3.05) is 18.5 Å². The molecule has 0 aromatic heterocycles. The van der Waals surface area contributed by atoms with Crippen LogP contribution < -0.4 is 20.8 Å². The summed E-state index contributed by atoms with van der Waals surface area (Å²) in [6.45, 7) is 2.22. The van der Waals surface area contributed by atoms with Gasteiger partial charge >= 0.3 is 11.8 Å². The number of rotatable bonds is 9. The first kappa shape index (κ1) is 22.9. The van der Waals surface area contributed by atoms with Gasteiger partial charge in [-0.15, -0.1) is 0 Å². The molecule has 0 radical (unpaired) electrons. The molecule has 3 N–H and O–H groups in total. The van der Waals surface area contributed by atoms with Gasteiger partial charge in [-0.3, -0.25) is 14.4 Å². The van der Waals surface area contributed by atoms with E-state index in [4.69, 9.17) is 16.3 Å². The SMILES string of the molecule is CCCCNC(=O)C(=O)N/N=C\c1ccc(OCC(=O)Nc2ccccc2)c(Cl)c1. The molecule has 0 bridgehead atoms. The van der Waals surface area contributed by atoms with Crippen molar-refractivity contribution in [3.8, 4) is 5.75 Å². The van der Waals surface area contributed by atoms with Gasteiger partial charge in [-0.2, -0.15) is 5.10 Å². The van der Waals surface area contributed by atoms with Crippen molar-refractivity contribution in [3.63, 3.8) is 0 Å². The van der Waals surface area contributed by atoms with E-state index >= 15 is 0 Å². The van der Waals surface area contributed by atoms with Crippen LogP contribution in [0.5, 0.6) is 5.75 Å². The van der Waals surface area contributed by atoms with E-state index in [2.05, 4.69) is 21.2 Å². The number of hydrogen-bond donors (Lipinski definition) is 3. The Morgan fingerprint density at radius 2 is 1.87 bits per heavy atom. The molecule has 0 atom stereocenters. The van der Waals surface area contributed by atoms with Crippen LogP contribution in [0.2, 0.25) is 5.02 Å². The summed E-state index contributed by atoms with van der Waals surface area (Å²) in [6, 6.07) is 13.8. The Bertz CT molecular complexity index is 903. The molecule has 2 aromatic carbocycles. The predicted molar refractivity (Wildman–Crippen MR) is 116 cm³/mol. The molecule has 0 unspecified atom stereocenters. The Hall–Kier alpha value is -3.39. The molecule has 0 saturated heterocycles. The van der Waals surface area contributed by atoms with Gasteiger partial charge in [0.15, 0.2) is 6.61 Å². The van der Waals surface area contributed by atoms with E-state index in [0.717, 1.165) is 12.8 Å². The van der Waals surface area contributed by atoms with Crippen molar-refractivity contribution in [1.82, 2.24) is 10.7 Å². The summed E-state index contributed by atoms with van der Waals surface area (Å²) in [4.78, 5) is 35.1. The van der Waals surface area contributed by atoms with Crippen LogP contribution in [0.1, 0.15) is 25.3 Å². The highest BCUT2D eigenvalue weighted by Crippen LogP contribution is 2.25. The van der Waals surface area contributed by atoms with Gasteiger partial charge in [0.05, 0.1) is 11.2 Å². The van der Waals surface area contributed by atoms with E-state index in [1.54, 1.807) is 30.3 Å². The third-order valence-corrected chi connectivity index (χ3v) is 4.07. The second kappa shape index (κ2) is 12.2. The number of para-hydroxylation sites is 1. The zero-order valence-electron chi connectivity index (χ0n) is 16.5. The number of halogens is 1. The van der Waals surface area contributed by atoms with Crippen molar-refractivity contribution in [2.24, 2.45) is 5.10 Å². The second-order valence-corrected chi connectivity index (χ2v) is 6.61. The number of nitrogens with zero attached hydrogens (tertiary/aromatic N) is 1. The molecule has 9 heteroatoms. The van der Waals surface area contributed by atoms with E-state index in [1.165, 1.54) is 6.21 Å². The van der Waals surface area contributed by atoms with E-state index < -0.39 is 11.8 Å². The largest absolute Gasteiger partial charge is 0.482 e. The molecule has 2 aromatic rings. The lowest BCUT2D eigenvalue weighted by molar-refractivity contribution is -0.139. The molecular formula is C21H23ClN4O4. The molecule has 3 amide bonds. The van der Waals surface area contributed by atoms with Gasteiger partial charge in [-0.25, -0.2) is 5.43 Å². The third-order valence-electron chi connectivity index (χ3n) is 3.77. The van der Waals surface area contributed by atoms with Gasteiger partial charge in [-0.1, -0.05) is 43.1 Å². The standard InChI is InChI=1S/C21H23ClN4O4/c1-2-3-11-23-20(28)21(29)26-24-13-15-9-10-18(17(22)12-15)30-14-19(27)25-16-7-5-4-6-8-16/h4-10,12-13H,2-3,11,14H2,1H3,(H,23,28)(H,25,27)(H,26,29)/b24-13-. The van der Waals surface area contributed by atoms with Crippen molar-refractivity contribution in [3.05, 3.63) is 59.1 Å². The smallest absolute Gasteiger partial charge is 0.329 e. The molecular weight excluding hydrogens is 408 g/mol. The Kier molecular flexibility index (Phi) is 9.33. The molecule has 0 aliphatic rings. The highest BCUT2D eigenvalue weighted by atomic mass is 35.5. The average molecular weight is 431 g/mol. The van der Waals surface area contributed by atoms with Crippen LogP contribution in [-0.2, 0) is 14.4 Å². The van der Waals surface area contributed by atoms with E-state index in [0.29, 0.717) is 23.5 Å². The van der Waals surface area contributed by atoms with Gasteiger partial charge in [0, 0.05) is 12.2 Å². The predicted octanol–water partition coefficient (Wildman–Crippen LogP) is 2.72. The van der Waals surface area contributed by atoms with Crippen LogP contribution >= 0.6 is 11.6 Å². The molecule has 0 spiro atoms. The quantitative estimate of drug-likeness (QED) is 0.246. The average Bonchev–Trinajstić information content (AvgIpc) is 2.74. The highest BCUT2D eigenvalue weighted by molar-refractivity contribution is 6.35. The van der Waals surface area contributed by atoms with Crippen LogP contribution in [-0.4, -0.2) is 37.1 Å². The number of amides is 3. The minimum Gasteiger partial charge on any atom is -0.482 e. The van der Waals surface area contributed by atoms with Crippen molar-refractivity contribution in [2.45, 2.75) is 19.8 Å². The first-order valence-electron chi connectivity index (χ1n) is 9.38. The monoisotopic (exact) mass is 430 g/mol. The number of hydrazone groups is 1. The molecule has 0 fully saturated rings. The summed E-state index contributed by atoms with van der Waals surface area (Å²) in [7, 11) is 0. The Morgan fingerprint density at radius 3 is 2.57 bits per heavy atom. The topological polar surface area (TPSA) is 109 Å². The lowest BCUT2D eigenvalue weighted by Gasteiger charge is -2.09. The van der Waals surface area contributed by atoms with Crippen molar-refractivity contribution >= 4 is 41.2 Å². The maximum atomic E-state index is 11.9. The van der Waals surface area contributed by atoms with E-state index in [9.17, 15) is 14.4 Å². The summed E-state index contributed by atoms with van der Waals surface area (Å²) in [5, 5.41) is 9.20. The van der Waals surface area contributed by atoms with Crippen LogP contribution in [0.15, 0.2) is 53.6 Å². The van der Waals surface area contributed by atoms with Crippen LogP contribution in [0.3, 0.4) is 0 Å². The minimum absolute atomic E-state index is 0.203. The van der Waals surface area contributed by atoms with E-state index in [-0.39, 0.29) is 17.5 Å². The summed E-state index contributed by atoms with van der Waals surface area (Å²) in [6.07, 6.45) is 3.05. The number of unbranched alkanes of at least 4 members (excludes halogenated alkanes) is 1. The number of anilines is 1. The molecule has 0 aliphatic carbocycles. The molecule has 158 valence electrons. The molecule has 2 rings (SSSR count). The fourth-order valence-electron chi connectivity index (χ4n) is 2.25. The maximum Gasteiger partial charge on any atom is 0.329 e. The van der Waals surface area contributed by atoms with Crippen LogP contribution in [0.4, 0.5) is 5.69 Å². The van der Waals surface area contributed by atoms with Crippen LogP contribution in [0.25, 0.3) is 0 Å². The summed E-state index contributed by atoms with van der Waals surface area (Å²) in [5.74, 6) is -1.58. The van der Waals surface area contributed by atoms with Gasteiger partial charge in [0.1, 0.15) is 5.75 Å². The van der Waals surface area contributed by atoms with Crippen molar-refractivity contribution < 1.29 is 19.1 Å². The number of nitrogens with one attached hydrogen (secondary N) is 3. The summed E-state index contributed by atoms with van der Waals surface area (Å²) in [5.41, 5.74) is 3.39. The normalized spacial score (nSPS) is 10.5. The lowest BCUT2D eigenvalue weighted by Crippen LogP contribution is -2.38. The minimum atomic E-state index is -0.849. The molecule has 0 saturated carbocycles. The lowest BCUT2D eigenvalue weighted by atomic mass is 10.2. The number of ether oxygens (including phenoxy) is 1. The second-order valence-electron chi connectivity index (χ2n) is 6.20. The molecule has 0 heterocycles. The van der Waals surface area contributed by atoms with Gasteiger partial charge < -0.3 is 15.4 Å². The Balaban J connectivity index is 1.81. The zero-order valence-corrected chi connectivity index (χ0v) is 17.2. The summed E-state index contributed by atoms with van der Waals surface area (Å²) < 4.78 is 5.44. The summed E-state index contributed by atoms with van der Waals surface area (Å²) >= 11 is 6.17. The first-order chi connectivity index (χ1) is 14.5. The molecule has 30 heavy (non-hydrogen) atoms. The van der Waals surface area contributed by atoms with Gasteiger partial charge in [0.2, 0.25) is 0 Å². The molecule has 8 nitrogen and oxygen atoms in total. The van der Waals surface area contributed by atoms with Gasteiger partial charge in [0.25, 0.3) is 5.91 Å². The Labute approximate surface area is 179 Å². The van der Waals surface area contributed by atoms with Crippen LogP contribution in [0, 0.1) is 0 Å². The zero-order chi connectivity index (χ0) is 21.8.